The molecule has 0 aliphatic rings. The average molecular weight is 267 g/mol. The van der Waals surface area contributed by atoms with E-state index in [9.17, 15) is 4.57 Å². The van der Waals surface area contributed by atoms with E-state index in [1.807, 2.05) is 7.05 Å². The van der Waals surface area contributed by atoms with Gasteiger partial charge in [0.25, 0.3) is 0 Å². The number of hydrogen-bond donors (Lipinski definition) is 3. The first-order valence-electron chi connectivity index (χ1n) is 6.41. The fourth-order valence-electron chi connectivity index (χ4n) is 1.65. The van der Waals surface area contributed by atoms with Crippen LogP contribution >= 0.6 is 7.82 Å². The Balaban J connectivity index is 3.01. The Morgan fingerprint density at radius 2 is 1.41 bits per heavy atom. The lowest BCUT2D eigenvalue weighted by Crippen LogP contribution is -2.06. The maximum absolute atomic E-state index is 10.4. The molecule has 0 aromatic carbocycles. The van der Waals surface area contributed by atoms with Crippen molar-refractivity contribution >= 4 is 7.82 Å². The number of phosphoric ester groups is 1. The maximum atomic E-state index is 10.4. The van der Waals surface area contributed by atoms with Crippen LogP contribution in [0, 0.1) is 0 Å². The van der Waals surface area contributed by atoms with Crippen LogP contribution in [0.25, 0.3) is 0 Å². The largest absolute Gasteiger partial charge is 0.469 e. The Bertz CT molecular complexity index is 208. The molecule has 6 heteroatoms. The van der Waals surface area contributed by atoms with Gasteiger partial charge in [-0.2, -0.15) is 0 Å². The summed E-state index contributed by atoms with van der Waals surface area (Å²) in [5.41, 5.74) is 0. The molecule has 0 bridgehead atoms. The SMILES string of the molecule is CNCCCCCCCCCCOP(=O)(O)O. The molecule has 0 unspecified atom stereocenters. The van der Waals surface area contributed by atoms with Crippen LogP contribution in [0.1, 0.15) is 51.4 Å². The zero-order valence-electron chi connectivity index (χ0n) is 10.7. The van der Waals surface area contributed by atoms with E-state index in [0.717, 1.165) is 25.8 Å². The molecule has 0 radical (unpaired) electrons. The fraction of sp³-hybridized carbons (Fsp3) is 1.00. The highest BCUT2D eigenvalue weighted by Gasteiger charge is 2.12. The summed E-state index contributed by atoms with van der Waals surface area (Å²) in [6, 6.07) is 0. The molecule has 5 nitrogen and oxygen atoms in total. The van der Waals surface area contributed by atoms with Crippen LogP contribution in [0.2, 0.25) is 0 Å². The first-order chi connectivity index (χ1) is 8.06. The predicted octanol–water partition coefficient (Wildman–Crippen LogP) is 2.44. The molecule has 104 valence electrons. The number of nitrogens with one attached hydrogen (secondary N) is 1. The number of rotatable bonds is 12. The van der Waals surface area contributed by atoms with Crippen molar-refractivity contribution in [2.45, 2.75) is 51.4 Å². The van der Waals surface area contributed by atoms with E-state index >= 15 is 0 Å². The highest BCUT2D eigenvalue weighted by atomic mass is 31.2. The molecular formula is C11H26NO4P. The summed E-state index contributed by atoms with van der Waals surface area (Å²) < 4.78 is 14.7. The van der Waals surface area contributed by atoms with Gasteiger partial charge in [0, 0.05) is 0 Å². The van der Waals surface area contributed by atoms with Crippen LogP contribution < -0.4 is 5.32 Å². The Morgan fingerprint density at radius 3 is 1.88 bits per heavy atom. The smallest absolute Gasteiger partial charge is 0.320 e. The van der Waals surface area contributed by atoms with Crippen molar-refractivity contribution in [2.24, 2.45) is 0 Å². The van der Waals surface area contributed by atoms with Gasteiger partial charge < -0.3 is 15.1 Å². The number of unbranched alkanes of at least 4 members (excludes halogenated alkanes) is 7. The summed E-state index contributed by atoms with van der Waals surface area (Å²) >= 11 is 0. The van der Waals surface area contributed by atoms with Crippen LogP contribution in [0.15, 0.2) is 0 Å². The van der Waals surface area contributed by atoms with Crippen molar-refractivity contribution in [3.63, 3.8) is 0 Å². The summed E-state index contributed by atoms with van der Waals surface area (Å²) in [6.45, 7) is 1.26. The quantitative estimate of drug-likeness (QED) is 0.374. The van der Waals surface area contributed by atoms with E-state index < -0.39 is 7.82 Å². The third-order valence-corrected chi connectivity index (χ3v) is 3.10. The van der Waals surface area contributed by atoms with Crippen molar-refractivity contribution < 1.29 is 18.9 Å². The lowest BCUT2D eigenvalue weighted by molar-refractivity contribution is 0.193. The van der Waals surface area contributed by atoms with Gasteiger partial charge in [-0.25, -0.2) is 4.57 Å². The lowest BCUT2D eigenvalue weighted by Gasteiger charge is -2.05. The van der Waals surface area contributed by atoms with Gasteiger partial charge in [0.1, 0.15) is 0 Å². The molecule has 0 spiro atoms. The molecule has 3 N–H and O–H groups in total. The molecule has 0 aromatic heterocycles. The third kappa shape index (κ3) is 16.1. The van der Waals surface area contributed by atoms with Crippen LogP contribution in [-0.4, -0.2) is 30.0 Å². The van der Waals surface area contributed by atoms with Gasteiger partial charge in [-0.1, -0.05) is 38.5 Å². The van der Waals surface area contributed by atoms with Crippen LogP contribution in [-0.2, 0) is 9.09 Å². The van der Waals surface area contributed by atoms with Crippen molar-refractivity contribution in [1.29, 1.82) is 0 Å². The second-order valence-electron chi connectivity index (χ2n) is 4.26. The van der Waals surface area contributed by atoms with E-state index in [4.69, 9.17) is 9.79 Å². The molecule has 0 aliphatic heterocycles. The topological polar surface area (TPSA) is 78.8 Å². The van der Waals surface area contributed by atoms with Gasteiger partial charge in [0.15, 0.2) is 0 Å². The van der Waals surface area contributed by atoms with Gasteiger partial charge in [0.2, 0.25) is 0 Å². The lowest BCUT2D eigenvalue weighted by atomic mass is 10.1. The summed E-state index contributed by atoms with van der Waals surface area (Å²) in [5, 5.41) is 3.13. The normalized spacial score (nSPS) is 11.9. The standard InChI is InChI=1S/C11H26NO4P/c1-12-10-8-6-4-2-3-5-7-9-11-16-17(13,14)15/h12H,2-11H2,1H3,(H2,13,14,15). The Labute approximate surface area is 104 Å². The van der Waals surface area contributed by atoms with Crippen LogP contribution in [0.3, 0.4) is 0 Å². The Kier molecular flexibility index (Phi) is 11.2. The van der Waals surface area contributed by atoms with Crippen LogP contribution in [0.5, 0.6) is 0 Å². The molecule has 0 rings (SSSR count). The molecule has 17 heavy (non-hydrogen) atoms. The molecule has 0 amide bonds. The summed E-state index contributed by atoms with van der Waals surface area (Å²) in [5.74, 6) is 0. The number of phosphoric acid groups is 1. The minimum absolute atomic E-state index is 0.159. The molecule has 0 fully saturated rings. The average Bonchev–Trinajstić information content (AvgIpc) is 2.24. The molecular weight excluding hydrogens is 241 g/mol. The Morgan fingerprint density at radius 1 is 0.941 bits per heavy atom. The number of hydrogen-bond acceptors (Lipinski definition) is 3. The molecule has 0 heterocycles. The predicted molar refractivity (Wildman–Crippen MR) is 68.9 cm³/mol. The van der Waals surface area contributed by atoms with Gasteiger partial charge in [-0.3, -0.25) is 4.52 Å². The van der Waals surface area contributed by atoms with Crippen molar-refractivity contribution in [2.75, 3.05) is 20.2 Å². The molecule has 0 aromatic rings. The molecule has 0 saturated heterocycles. The van der Waals surface area contributed by atoms with E-state index in [1.165, 1.54) is 32.1 Å². The second-order valence-corrected chi connectivity index (χ2v) is 5.50. The summed E-state index contributed by atoms with van der Waals surface area (Å²) in [4.78, 5) is 16.9. The van der Waals surface area contributed by atoms with E-state index in [2.05, 4.69) is 9.84 Å². The summed E-state index contributed by atoms with van der Waals surface area (Å²) in [7, 11) is -2.28. The van der Waals surface area contributed by atoms with Crippen molar-refractivity contribution in [3.8, 4) is 0 Å². The molecule has 0 aliphatic carbocycles. The van der Waals surface area contributed by atoms with Crippen LogP contribution in [0.4, 0.5) is 0 Å². The zero-order chi connectivity index (χ0) is 13.0. The maximum Gasteiger partial charge on any atom is 0.469 e. The van der Waals surface area contributed by atoms with Gasteiger partial charge in [0.05, 0.1) is 6.61 Å². The van der Waals surface area contributed by atoms with E-state index in [-0.39, 0.29) is 6.61 Å². The molecule has 0 atom stereocenters. The monoisotopic (exact) mass is 267 g/mol. The minimum atomic E-state index is -4.25. The van der Waals surface area contributed by atoms with Gasteiger partial charge in [-0.05, 0) is 26.4 Å². The third-order valence-electron chi connectivity index (χ3n) is 2.58. The fourth-order valence-corrected chi connectivity index (χ4v) is 2.01. The Hall–Kier alpha value is 0.0700. The van der Waals surface area contributed by atoms with Crippen molar-refractivity contribution in [1.82, 2.24) is 5.32 Å². The van der Waals surface area contributed by atoms with E-state index in [1.54, 1.807) is 0 Å². The minimum Gasteiger partial charge on any atom is -0.320 e. The van der Waals surface area contributed by atoms with Crippen molar-refractivity contribution in [3.05, 3.63) is 0 Å². The van der Waals surface area contributed by atoms with Gasteiger partial charge >= 0.3 is 7.82 Å². The summed E-state index contributed by atoms with van der Waals surface area (Å²) in [6.07, 6.45) is 9.09. The van der Waals surface area contributed by atoms with Gasteiger partial charge in [-0.15, -0.1) is 0 Å². The molecule has 0 saturated carbocycles. The highest BCUT2D eigenvalue weighted by Crippen LogP contribution is 2.35. The first-order valence-corrected chi connectivity index (χ1v) is 7.94. The first kappa shape index (κ1) is 17.1. The van der Waals surface area contributed by atoms with E-state index in [0.29, 0.717) is 0 Å². The zero-order valence-corrected chi connectivity index (χ0v) is 11.6. The second kappa shape index (κ2) is 11.2. The highest BCUT2D eigenvalue weighted by molar-refractivity contribution is 7.46.